The summed E-state index contributed by atoms with van der Waals surface area (Å²) in [5.41, 5.74) is 1.03. The van der Waals surface area contributed by atoms with Gasteiger partial charge < -0.3 is 14.8 Å². The number of ether oxygens (including phenoxy) is 1. The molecule has 0 aliphatic carbocycles. The highest BCUT2D eigenvalue weighted by atomic mass is 32.2. The van der Waals surface area contributed by atoms with E-state index in [2.05, 4.69) is 10.0 Å². The van der Waals surface area contributed by atoms with E-state index >= 15 is 0 Å². The summed E-state index contributed by atoms with van der Waals surface area (Å²) in [4.78, 5) is 0. The number of likely N-dealkylation sites (N-methyl/N-ethyl adjacent to an activating group) is 1. The van der Waals surface area contributed by atoms with Crippen LogP contribution in [-0.2, 0) is 4.74 Å². The molecule has 62 valence electrons. The minimum atomic E-state index is 0.706. The topological polar surface area (TPSA) is 33.3 Å². The third kappa shape index (κ3) is 2.38. The first-order valence-electron chi connectivity index (χ1n) is 3.51. The van der Waals surface area contributed by atoms with E-state index in [0.717, 1.165) is 10.8 Å². The largest absolute Gasteiger partial charge is 0.486 e. The SMILES string of the molecule is CCOC1=CC(NC)=CNS1. The maximum absolute atomic E-state index is 5.30. The quantitative estimate of drug-likeness (QED) is 0.626. The van der Waals surface area contributed by atoms with Crippen LogP contribution in [0.4, 0.5) is 0 Å². The molecule has 0 saturated heterocycles. The van der Waals surface area contributed by atoms with Gasteiger partial charge in [0, 0.05) is 31.3 Å². The second-order valence-corrected chi connectivity index (χ2v) is 2.81. The zero-order valence-corrected chi connectivity index (χ0v) is 7.49. The number of rotatable bonds is 3. The molecule has 0 radical (unpaired) electrons. The number of hydrogen-bond donors (Lipinski definition) is 2. The lowest BCUT2D eigenvalue weighted by molar-refractivity contribution is 0.257. The Morgan fingerprint density at radius 3 is 3.18 bits per heavy atom. The highest BCUT2D eigenvalue weighted by molar-refractivity contribution is 8.01. The predicted molar refractivity (Wildman–Crippen MR) is 47.6 cm³/mol. The monoisotopic (exact) mass is 172 g/mol. The van der Waals surface area contributed by atoms with E-state index in [4.69, 9.17) is 4.74 Å². The summed E-state index contributed by atoms with van der Waals surface area (Å²) in [6.45, 7) is 2.68. The van der Waals surface area contributed by atoms with Crippen molar-refractivity contribution >= 4 is 11.9 Å². The fourth-order valence-electron chi connectivity index (χ4n) is 0.707. The first-order chi connectivity index (χ1) is 5.36. The molecule has 0 spiro atoms. The van der Waals surface area contributed by atoms with Crippen LogP contribution in [0.5, 0.6) is 0 Å². The zero-order chi connectivity index (χ0) is 8.10. The van der Waals surface area contributed by atoms with Gasteiger partial charge in [-0.1, -0.05) is 0 Å². The van der Waals surface area contributed by atoms with Gasteiger partial charge in [0.1, 0.15) is 0 Å². The Morgan fingerprint density at radius 1 is 1.73 bits per heavy atom. The van der Waals surface area contributed by atoms with Crippen LogP contribution in [0.15, 0.2) is 23.1 Å². The summed E-state index contributed by atoms with van der Waals surface area (Å²) in [7, 11) is 1.88. The molecule has 4 heteroatoms. The van der Waals surface area contributed by atoms with Crippen molar-refractivity contribution in [3.63, 3.8) is 0 Å². The molecule has 1 aliphatic heterocycles. The molecule has 0 aromatic heterocycles. The van der Waals surface area contributed by atoms with Crippen molar-refractivity contribution < 1.29 is 4.74 Å². The van der Waals surface area contributed by atoms with E-state index in [1.807, 2.05) is 26.2 Å². The van der Waals surface area contributed by atoms with Crippen molar-refractivity contribution in [1.29, 1.82) is 0 Å². The molecule has 0 unspecified atom stereocenters. The Morgan fingerprint density at radius 2 is 2.55 bits per heavy atom. The molecule has 2 N–H and O–H groups in total. The van der Waals surface area contributed by atoms with Crippen LogP contribution in [0, 0.1) is 0 Å². The van der Waals surface area contributed by atoms with E-state index in [1.165, 1.54) is 11.9 Å². The second kappa shape index (κ2) is 4.18. The van der Waals surface area contributed by atoms with Gasteiger partial charge in [-0.2, -0.15) is 0 Å². The molecular formula is C7H12N2OS. The highest BCUT2D eigenvalue weighted by Gasteiger charge is 2.03. The molecule has 0 aromatic rings. The highest BCUT2D eigenvalue weighted by Crippen LogP contribution is 2.18. The van der Waals surface area contributed by atoms with Crippen LogP contribution in [-0.4, -0.2) is 13.7 Å². The molecule has 11 heavy (non-hydrogen) atoms. The van der Waals surface area contributed by atoms with E-state index in [-0.39, 0.29) is 0 Å². The zero-order valence-electron chi connectivity index (χ0n) is 6.68. The summed E-state index contributed by atoms with van der Waals surface area (Å²) in [6.07, 6.45) is 3.86. The minimum absolute atomic E-state index is 0.706. The molecule has 1 rings (SSSR count). The van der Waals surface area contributed by atoms with Crippen LogP contribution in [0.25, 0.3) is 0 Å². The summed E-state index contributed by atoms with van der Waals surface area (Å²) < 4.78 is 8.32. The van der Waals surface area contributed by atoms with Gasteiger partial charge in [0.15, 0.2) is 5.09 Å². The molecular weight excluding hydrogens is 160 g/mol. The predicted octanol–water partition coefficient (Wildman–Crippen LogP) is 1.18. The standard InChI is InChI=1S/C7H12N2OS/c1-3-10-7-4-6(8-2)5-9-11-7/h4-5,8-9H,3H2,1-2H3. The van der Waals surface area contributed by atoms with Gasteiger partial charge in [-0.3, -0.25) is 0 Å². The van der Waals surface area contributed by atoms with Gasteiger partial charge >= 0.3 is 0 Å². The molecule has 0 bridgehead atoms. The molecule has 0 amide bonds. The van der Waals surface area contributed by atoms with Gasteiger partial charge in [-0.25, -0.2) is 0 Å². The number of nitrogens with one attached hydrogen (secondary N) is 2. The number of allylic oxidation sites excluding steroid dienone is 1. The van der Waals surface area contributed by atoms with Crippen LogP contribution in [0.3, 0.4) is 0 Å². The van der Waals surface area contributed by atoms with Gasteiger partial charge in [0.05, 0.1) is 12.3 Å². The first-order valence-corrected chi connectivity index (χ1v) is 4.33. The van der Waals surface area contributed by atoms with Crippen molar-refractivity contribution in [2.24, 2.45) is 0 Å². The van der Waals surface area contributed by atoms with E-state index in [9.17, 15) is 0 Å². The summed E-state index contributed by atoms with van der Waals surface area (Å²) in [5, 5.41) is 3.92. The lowest BCUT2D eigenvalue weighted by atomic mass is 10.4. The normalized spacial score (nSPS) is 16.2. The minimum Gasteiger partial charge on any atom is -0.486 e. The average Bonchev–Trinajstić information content (AvgIpc) is 2.06. The Balaban J connectivity index is 2.53. The third-order valence-corrected chi connectivity index (χ3v) is 1.90. The van der Waals surface area contributed by atoms with Crippen molar-refractivity contribution in [3.8, 4) is 0 Å². The van der Waals surface area contributed by atoms with Crippen molar-refractivity contribution in [3.05, 3.63) is 23.1 Å². The van der Waals surface area contributed by atoms with Gasteiger partial charge in [-0.15, -0.1) is 0 Å². The van der Waals surface area contributed by atoms with Crippen LogP contribution < -0.4 is 10.0 Å². The fourth-order valence-corrected chi connectivity index (χ4v) is 1.37. The van der Waals surface area contributed by atoms with Crippen LogP contribution in [0.1, 0.15) is 6.92 Å². The van der Waals surface area contributed by atoms with Crippen molar-refractivity contribution in [2.75, 3.05) is 13.7 Å². The Kier molecular flexibility index (Phi) is 3.16. The lowest BCUT2D eigenvalue weighted by Crippen LogP contribution is -2.12. The summed E-state index contributed by atoms with van der Waals surface area (Å²) in [6, 6.07) is 0. The molecule has 0 atom stereocenters. The molecule has 0 aromatic carbocycles. The Labute approximate surface area is 71.0 Å². The Bertz CT molecular complexity index is 189. The number of hydrogen-bond acceptors (Lipinski definition) is 4. The first kappa shape index (κ1) is 8.33. The average molecular weight is 172 g/mol. The van der Waals surface area contributed by atoms with Gasteiger partial charge in [0.25, 0.3) is 0 Å². The molecule has 1 heterocycles. The van der Waals surface area contributed by atoms with E-state index < -0.39 is 0 Å². The maximum Gasteiger partial charge on any atom is 0.175 e. The van der Waals surface area contributed by atoms with E-state index in [1.54, 1.807) is 0 Å². The van der Waals surface area contributed by atoms with E-state index in [0.29, 0.717) is 6.61 Å². The van der Waals surface area contributed by atoms with Crippen molar-refractivity contribution in [1.82, 2.24) is 10.0 Å². The van der Waals surface area contributed by atoms with Gasteiger partial charge in [0.2, 0.25) is 0 Å². The molecule has 0 fully saturated rings. The van der Waals surface area contributed by atoms with Crippen LogP contribution in [0.2, 0.25) is 0 Å². The summed E-state index contributed by atoms with van der Waals surface area (Å²) >= 11 is 1.48. The van der Waals surface area contributed by atoms with Gasteiger partial charge in [-0.05, 0) is 6.92 Å². The fraction of sp³-hybridized carbons (Fsp3) is 0.429. The maximum atomic E-state index is 5.30. The smallest absolute Gasteiger partial charge is 0.175 e. The molecule has 0 saturated carbocycles. The summed E-state index contributed by atoms with van der Waals surface area (Å²) in [5.74, 6) is 0. The molecule has 1 aliphatic rings. The Hall–Kier alpha value is -0.770. The third-order valence-electron chi connectivity index (χ3n) is 1.22. The van der Waals surface area contributed by atoms with Crippen molar-refractivity contribution in [2.45, 2.75) is 6.92 Å². The second-order valence-electron chi connectivity index (χ2n) is 1.97. The van der Waals surface area contributed by atoms with Crippen LogP contribution >= 0.6 is 11.9 Å². The lowest BCUT2D eigenvalue weighted by Gasteiger charge is -2.13. The molecule has 3 nitrogen and oxygen atoms in total.